The van der Waals surface area contributed by atoms with Gasteiger partial charge < -0.3 is 0 Å². The van der Waals surface area contributed by atoms with Crippen LogP contribution >= 0.6 is 0 Å². The van der Waals surface area contributed by atoms with Crippen LogP contribution in [0.25, 0.3) is 0 Å². The van der Waals surface area contributed by atoms with Crippen molar-refractivity contribution in [1.29, 1.82) is 0 Å². The topological polar surface area (TPSA) is 6.48 Å². The highest BCUT2D eigenvalue weighted by molar-refractivity contribution is 6.22. The molecular formula is C17H38N2Si. The second-order valence-electron chi connectivity index (χ2n) is 5.92. The summed E-state index contributed by atoms with van der Waals surface area (Å²) in [5.74, 6) is 0. The largest absolute Gasteiger partial charge is 0.282 e. The standard InChI is InChI=1S/C17H38N2Si/c1-7-12-18(13-8-2)17(11-5,16(6)20)19(14-9-3)15-10-4/h6-15H2,1-5,20H3. The van der Waals surface area contributed by atoms with Gasteiger partial charge in [-0.25, -0.2) is 0 Å². The lowest BCUT2D eigenvalue weighted by Crippen LogP contribution is -2.62. The zero-order valence-corrected chi connectivity index (χ0v) is 17.0. The monoisotopic (exact) mass is 298 g/mol. The van der Waals surface area contributed by atoms with Gasteiger partial charge >= 0.3 is 0 Å². The lowest BCUT2D eigenvalue weighted by Gasteiger charge is -2.52. The number of rotatable bonds is 12. The van der Waals surface area contributed by atoms with Crippen LogP contribution in [0, 0.1) is 0 Å². The summed E-state index contributed by atoms with van der Waals surface area (Å²) in [6.45, 7) is 20.7. The van der Waals surface area contributed by atoms with E-state index < -0.39 is 0 Å². The van der Waals surface area contributed by atoms with Crippen LogP contribution in [0.3, 0.4) is 0 Å². The van der Waals surface area contributed by atoms with Gasteiger partial charge in [-0.15, -0.1) is 6.58 Å². The van der Waals surface area contributed by atoms with Crippen molar-refractivity contribution in [3.05, 3.63) is 11.8 Å². The molecule has 0 rings (SSSR count). The molecule has 120 valence electrons. The number of hydrogen-bond donors (Lipinski definition) is 0. The Morgan fingerprint density at radius 1 is 0.800 bits per heavy atom. The van der Waals surface area contributed by atoms with Crippen molar-refractivity contribution >= 4 is 10.2 Å². The molecule has 3 heteroatoms. The summed E-state index contributed by atoms with van der Waals surface area (Å²) in [5.41, 5.74) is 0.115. The van der Waals surface area contributed by atoms with E-state index in [1.54, 1.807) is 0 Å². The number of nitrogens with zero attached hydrogens (tertiary/aromatic N) is 2. The van der Waals surface area contributed by atoms with Crippen molar-refractivity contribution in [1.82, 2.24) is 9.80 Å². The summed E-state index contributed by atoms with van der Waals surface area (Å²) in [6.07, 6.45) is 6.06. The minimum atomic E-state index is 0.115. The van der Waals surface area contributed by atoms with Crippen molar-refractivity contribution in [3.63, 3.8) is 0 Å². The van der Waals surface area contributed by atoms with Gasteiger partial charge in [-0.05, 0) is 58.3 Å². The predicted molar refractivity (Wildman–Crippen MR) is 96.4 cm³/mol. The third-order valence-corrected chi connectivity index (χ3v) is 5.00. The quantitative estimate of drug-likeness (QED) is 0.403. The lowest BCUT2D eigenvalue weighted by molar-refractivity contribution is -0.0301. The first kappa shape index (κ1) is 19.9. The van der Waals surface area contributed by atoms with E-state index in [-0.39, 0.29) is 5.66 Å². The molecule has 0 aromatic rings. The third kappa shape index (κ3) is 4.71. The van der Waals surface area contributed by atoms with Crippen molar-refractivity contribution in [2.24, 2.45) is 0 Å². The fraction of sp³-hybridized carbons (Fsp3) is 0.882. The second kappa shape index (κ2) is 10.6. The van der Waals surface area contributed by atoms with Gasteiger partial charge in [0.2, 0.25) is 0 Å². The smallest absolute Gasteiger partial charge is 0.0908 e. The Bertz CT molecular complexity index is 238. The summed E-state index contributed by atoms with van der Waals surface area (Å²) in [6, 6.07) is 0. The molecule has 0 aliphatic rings. The molecule has 0 atom stereocenters. The molecule has 0 fully saturated rings. The summed E-state index contributed by atoms with van der Waals surface area (Å²) < 4.78 is 0. The van der Waals surface area contributed by atoms with Crippen LogP contribution in [0.4, 0.5) is 0 Å². The van der Waals surface area contributed by atoms with E-state index >= 15 is 0 Å². The van der Waals surface area contributed by atoms with Gasteiger partial charge in [-0.1, -0.05) is 39.8 Å². The van der Waals surface area contributed by atoms with E-state index in [1.165, 1.54) is 57.1 Å². The van der Waals surface area contributed by atoms with Gasteiger partial charge in [0, 0.05) is 10.2 Å². The van der Waals surface area contributed by atoms with E-state index in [9.17, 15) is 0 Å². The van der Waals surface area contributed by atoms with Crippen LogP contribution in [0.5, 0.6) is 0 Å². The minimum Gasteiger partial charge on any atom is -0.282 e. The van der Waals surface area contributed by atoms with Gasteiger partial charge in [-0.2, -0.15) is 0 Å². The molecule has 0 saturated carbocycles. The van der Waals surface area contributed by atoms with E-state index in [0.29, 0.717) is 0 Å². The van der Waals surface area contributed by atoms with Crippen molar-refractivity contribution in [3.8, 4) is 0 Å². The normalized spacial score (nSPS) is 12.6. The molecular weight excluding hydrogens is 260 g/mol. The van der Waals surface area contributed by atoms with Crippen molar-refractivity contribution < 1.29 is 0 Å². The van der Waals surface area contributed by atoms with E-state index in [0.717, 1.165) is 16.7 Å². The van der Waals surface area contributed by atoms with Crippen LogP contribution in [-0.2, 0) is 0 Å². The molecule has 0 spiro atoms. The van der Waals surface area contributed by atoms with Crippen LogP contribution < -0.4 is 0 Å². The molecule has 0 aromatic carbocycles. The van der Waals surface area contributed by atoms with Gasteiger partial charge in [0.25, 0.3) is 0 Å². The van der Waals surface area contributed by atoms with E-state index in [1.807, 2.05) is 0 Å². The maximum atomic E-state index is 4.45. The van der Waals surface area contributed by atoms with Crippen molar-refractivity contribution in [2.75, 3.05) is 26.2 Å². The second-order valence-corrected chi connectivity index (χ2v) is 7.13. The molecule has 0 heterocycles. The zero-order chi connectivity index (χ0) is 15.6. The Morgan fingerprint density at radius 2 is 1.10 bits per heavy atom. The van der Waals surface area contributed by atoms with Gasteiger partial charge in [0.1, 0.15) is 0 Å². The van der Waals surface area contributed by atoms with E-state index in [4.69, 9.17) is 0 Å². The Balaban J connectivity index is 5.55. The highest BCUT2D eigenvalue weighted by Crippen LogP contribution is 2.31. The summed E-state index contributed by atoms with van der Waals surface area (Å²) in [5, 5.41) is 1.45. The summed E-state index contributed by atoms with van der Waals surface area (Å²) in [4.78, 5) is 5.43. The molecule has 0 aromatic heterocycles. The molecule has 2 nitrogen and oxygen atoms in total. The Kier molecular flexibility index (Phi) is 10.5. The maximum absolute atomic E-state index is 4.45. The van der Waals surface area contributed by atoms with Gasteiger partial charge in [0.15, 0.2) is 0 Å². The third-order valence-electron chi connectivity index (χ3n) is 4.20. The van der Waals surface area contributed by atoms with Crippen LogP contribution in [0.15, 0.2) is 11.8 Å². The zero-order valence-electron chi connectivity index (χ0n) is 15.0. The first-order chi connectivity index (χ1) is 9.54. The predicted octanol–water partition coefficient (Wildman–Crippen LogP) is 3.22. The summed E-state index contributed by atoms with van der Waals surface area (Å²) in [7, 11) is 1.08. The lowest BCUT2D eigenvalue weighted by atomic mass is 9.99. The van der Waals surface area contributed by atoms with Gasteiger partial charge in [0.05, 0.1) is 5.66 Å². The van der Waals surface area contributed by atoms with Crippen LogP contribution in [0.1, 0.15) is 66.7 Å². The molecule has 20 heavy (non-hydrogen) atoms. The first-order valence-corrected chi connectivity index (χ1v) is 9.70. The van der Waals surface area contributed by atoms with Crippen LogP contribution in [0.2, 0.25) is 0 Å². The fourth-order valence-corrected chi connectivity index (χ4v) is 4.52. The average molecular weight is 299 g/mol. The SMILES string of the molecule is C=C([SiH3])C(CC)(N(CCC)CCC)N(CCC)CCC. The van der Waals surface area contributed by atoms with E-state index in [2.05, 4.69) is 51.0 Å². The molecule has 0 bridgehead atoms. The fourth-order valence-electron chi connectivity index (χ4n) is 3.53. The molecule has 0 unspecified atom stereocenters. The maximum Gasteiger partial charge on any atom is 0.0908 e. The molecule has 0 saturated heterocycles. The summed E-state index contributed by atoms with van der Waals surface area (Å²) >= 11 is 0. The minimum absolute atomic E-state index is 0.115. The van der Waals surface area contributed by atoms with Gasteiger partial charge in [-0.3, -0.25) is 9.80 Å². The number of hydrogen-bond acceptors (Lipinski definition) is 2. The Hall–Kier alpha value is -0.123. The molecule has 0 aliphatic carbocycles. The molecule has 0 N–H and O–H groups in total. The van der Waals surface area contributed by atoms with Crippen LogP contribution in [-0.4, -0.2) is 51.9 Å². The van der Waals surface area contributed by atoms with Crippen molar-refractivity contribution in [2.45, 2.75) is 72.4 Å². The molecule has 0 amide bonds. The highest BCUT2D eigenvalue weighted by atomic mass is 28.1. The molecule has 0 aliphatic heterocycles. The molecule has 0 radical (unpaired) electrons. The Labute approximate surface area is 131 Å². The highest BCUT2D eigenvalue weighted by Gasteiger charge is 2.39. The average Bonchev–Trinajstić information content (AvgIpc) is 2.40. The Morgan fingerprint density at radius 3 is 1.25 bits per heavy atom. The first-order valence-electron chi connectivity index (χ1n) is 8.70.